The third-order valence-electron chi connectivity index (χ3n) is 2.24. The summed E-state index contributed by atoms with van der Waals surface area (Å²) in [5.41, 5.74) is 5.77. The molecule has 3 N–H and O–H groups in total. The highest BCUT2D eigenvalue weighted by molar-refractivity contribution is 5.50. The van der Waals surface area contributed by atoms with Crippen molar-refractivity contribution in [2.24, 2.45) is 5.73 Å². The van der Waals surface area contributed by atoms with Gasteiger partial charge in [-0.2, -0.15) is 0 Å². The van der Waals surface area contributed by atoms with Crippen molar-refractivity contribution in [1.82, 2.24) is 4.98 Å². The van der Waals surface area contributed by atoms with Crippen molar-refractivity contribution in [2.45, 2.75) is 52.3 Å². The van der Waals surface area contributed by atoms with Crippen molar-refractivity contribution in [1.29, 1.82) is 0 Å². The second-order valence-corrected chi connectivity index (χ2v) is 4.78. The second-order valence-electron chi connectivity index (χ2n) is 4.78. The number of pyridine rings is 1. The maximum Gasteiger partial charge on any atom is 0.168 e. The van der Waals surface area contributed by atoms with Crippen LogP contribution in [0.1, 0.15) is 34.1 Å². The molecule has 0 amide bonds. The summed E-state index contributed by atoms with van der Waals surface area (Å²) in [6.07, 6.45) is 2.80. The Bertz CT molecular complexity index is 339. The van der Waals surface area contributed by atoms with E-state index in [1.165, 1.54) is 0 Å². The Morgan fingerprint density at radius 1 is 1.35 bits per heavy atom. The maximum atomic E-state index is 5.77. The van der Waals surface area contributed by atoms with E-state index in [0.29, 0.717) is 0 Å². The Labute approximate surface area is 104 Å². The molecular formula is C13H23N3O. The minimum Gasteiger partial charge on any atom is -0.487 e. The summed E-state index contributed by atoms with van der Waals surface area (Å²) in [7, 11) is 0. The van der Waals surface area contributed by atoms with Gasteiger partial charge in [-0.05, 0) is 46.2 Å². The van der Waals surface area contributed by atoms with E-state index in [1.54, 1.807) is 6.20 Å². The highest BCUT2D eigenvalue weighted by Crippen LogP contribution is 2.23. The third kappa shape index (κ3) is 5.04. The molecule has 1 rings (SSSR count). The first-order valence-corrected chi connectivity index (χ1v) is 6.12. The Kier molecular flexibility index (Phi) is 5.22. The van der Waals surface area contributed by atoms with Gasteiger partial charge in [0.1, 0.15) is 0 Å². The van der Waals surface area contributed by atoms with E-state index >= 15 is 0 Å². The Morgan fingerprint density at radius 2 is 2.06 bits per heavy atom. The summed E-state index contributed by atoms with van der Waals surface area (Å²) in [4.78, 5) is 4.30. The molecule has 0 spiro atoms. The summed E-state index contributed by atoms with van der Waals surface area (Å²) in [6.45, 7) is 8.10. The minimum atomic E-state index is 0.142. The van der Waals surface area contributed by atoms with Crippen LogP contribution >= 0.6 is 0 Å². The Morgan fingerprint density at radius 3 is 2.65 bits per heavy atom. The van der Waals surface area contributed by atoms with Crippen molar-refractivity contribution >= 4 is 5.82 Å². The zero-order valence-corrected chi connectivity index (χ0v) is 11.1. The first kappa shape index (κ1) is 13.8. The monoisotopic (exact) mass is 237 g/mol. The molecule has 0 aliphatic carbocycles. The van der Waals surface area contributed by atoms with Gasteiger partial charge < -0.3 is 15.8 Å². The van der Waals surface area contributed by atoms with Gasteiger partial charge in [-0.15, -0.1) is 0 Å². The van der Waals surface area contributed by atoms with Gasteiger partial charge in [-0.25, -0.2) is 4.98 Å². The van der Waals surface area contributed by atoms with E-state index in [2.05, 4.69) is 17.2 Å². The molecule has 0 aliphatic rings. The van der Waals surface area contributed by atoms with Crippen molar-refractivity contribution in [3.8, 4) is 5.75 Å². The van der Waals surface area contributed by atoms with Crippen LogP contribution in [0.15, 0.2) is 18.3 Å². The minimum absolute atomic E-state index is 0.142. The van der Waals surface area contributed by atoms with Gasteiger partial charge in [-0.3, -0.25) is 0 Å². The summed E-state index contributed by atoms with van der Waals surface area (Å²) < 4.78 is 5.69. The summed E-state index contributed by atoms with van der Waals surface area (Å²) in [5.74, 6) is 1.58. The van der Waals surface area contributed by atoms with E-state index in [0.717, 1.165) is 18.0 Å². The molecule has 0 fully saturated rings. The molecule has 17 heavy (non-hydrogen) atoms. The van der Waals surface area contributed by atoms with Crippen LogP contribution in [0.2, 0.25) is 0 Å². The van der Waals surface area contributed by atoms with Crippen LogP contribution in [0.4, 0.5) is 5.82 Å². The smallest absolute Gasteiger partial charge is 0.168 e. The molecule has 4 nitrogen and oxygen atoms in total. The topological polar surface area (TPSA) is 60.2 Å². The van der Waals surface area contributed by atoms with Crippen LogP contribution in [0.3, 0.4) is 0 Å². The van der Waals surface area contributed by atoms with Crippen LogP contribution in [-0.4, -0.2) is 23.2 Å². The number of rotatable bonds is 6. The molecule has 4 heteroatoms. The number of aromatic nitrogens is 1. The number of nitrogens with one attached hydrogen (secondary N) is 1. The molecule has 2 atom stereocenters. The van der Waals surface area contributed by atoms with Crippen molar-refractivity contribution in [3.05, 3.63) is 18.3 Å². The molecular weight excluding hydrogens is 214 g/mol. The highest BCUT2D eigenvalue weighted by atomic mass is 16.5. The standard InChI is InChI=1S/C13H23N3O/c1-9(2)17-12-6-5-7-15-13(12)16-11(4)8-10(3)14/h5-7,9-11H,8,14H2,1-4H3,(H,15,16). The van der Waals surface area contributed by atoms with Crippen molar-refractivity contribution in [3.63, 3.8) is 0 Å². The zero-order chi connectivity index (χ0) is 12.8. The molecule has 0 radical (unpaired) electrons. The number of hydrogen-bond donors (Lipinski definition) is 2. The van der Waals surface area contributed by atoms with E-state index in [-0.39, 0.29) is 18.2 Å². The highest BCUT2D eigenvalue weighted by Gasteiger charge is 2.10. The predicted octanol–water partition coefficient (Wildman–Crippen LogP) is 2.41. The molecule has 0 saturated carbocycles. The fourth-order valence-electron chi connectivity index (χ4n) is 1.70. The third-order valence-corrected chi connectivity index (χ3v) is 2.24. The zero-order valence-electron chi connectivity index (χ0n) is 11.1. The van der Waals surface area contributed by atoms with Crippen LogP contribution < -0.4 is 15.8 Å². The second kappa shape index (κ2) is 6.45. The fraction of sp³-hybridized carbons (Fsp3) is 0.615. The number of hydrogen-bond acceptors (Lipinski definition) is 4. The SMILES string of the molecule is CC(N)CC(C)Nc1ncccc1OC(C)C. The molecule has 0 aliphatic heterocycles. The van der Waals surface area contributed by atoms with Gasteiger partial charge in [0.05, 0.1) is 6.10 Å². The summed E-state index contributed by atoms with van der Waals surface area (Å²) in [5, 5.41) is 3.33. The van der Waals surface area contributed by atoms with Crippen LogP contribution in [0, 0.1) is 0 Å². The number of nitrogens with two attached hydrogens (primary N) is 1. The van der Waals surface area contributed by atoms with Crippen LogP contribution in [0.25, 0.3) is 0 Å². The fourth-order valence-corrected chi connectivity index (χ4v) is 1.70. The number of anilines is 1. The summed E-state index contributed by atoms with van der Waals surface area (Å²) >= 11 is 0. The molecule has 0 bridgehead atoms. The average molecular weight is 237 g/mol. The molecule has 2 unspecified atom stereocenters. The molecule has 0 aromatic carbocycles. The first-order chi connectivity index (χ1) is 7.99. The normalized spacial score (nSPS) is 14.5. The molecule has 0 saturated heterocycles. The molecule has 1 aromatic heterocycles. The van der Waals surface area contributed by atoms with Gasteiger partial charge in [0.15, 0.2) is 11.6 Å². The lowest BCUT2D eigenvalue weighted by Crippen LogP contribution is -2.26. The van der Waals surface area contributed by atoms with E-state index in [9.17, 15) is 0 Å². The Balaban J connectivity index is 2.69. The average Bonchev–Trinajstić information content (AvgIpc) is 2.18. The lowest BCUT2D eigenvalue weighted by Gasteiger charge is -2.19. The van der Waals surface area contributed by atoms with Crippen molar-refractivity contribution < 1.29 is 4.74 Å². The van der Waals surface area contributed by atoms with Crippen LogP contribution in [0.5, 0.6) is 5.75 Å². The first-order valence-electron chi connectivity index (χ1n) is 6.12. The van der Waals surface area contributed by atoms with Gasteiger partial charge >= 0.3 is 0 Å². The van der Waals surface area contributed by atoms with Gasteiger partial charge in [0.2, 0.25) is 0 Å². The number of nitrogens with zero attached hydrogens (tertiary/aromatic N) is 1. The quantitative estimate of drug-likeness (QED) is 0.797. The van der Waals surface area contributed by atoms with E-state index < -0.39 is 0 Å². The van der Waals surface area contributed by atoms with Crippen LogP contribution in [-0.2, 0) is 0 Å². The van der Waals surface area contributed by atoms with Gasteiger partial charge in [0, 0.05) is 18.3 Å². The van der Waals surface area contributed by atoms with Crippen molar-refractivity contribution in [2.75, 3.05) is 5.32 Å². The lowest BCUT2D eigenvalue weighted by molar-refractivity contribution is 0.242. The van der Waals surface area contributed by atoms with Gasteiger partial charge in [0.25, 0.3) is 0 Å². The molecule has 96 valence electrons. The molecule has 1 heterocycles. The van der Waals surface area contributed by atoms with Gasteiger partial charge in [-0.1, -0.05) is 0 Å². The Hall–Kier alpha value is -1.29. The maximum absolute atomic E-state index is 5.77. The predicted molar refractivity (Wildman–Crippen MR) is 71.4 cm³/mol. The van der Waals surface area contributed by atoms with E-state index in [1.807, 2.05) is 32.9 Å². The molecule has 1 aromatic rings. The number of ether oxygens (including phenoxy) is 1. The summed E-state index contributed by atoms with van der Waals surface area (Å²) in [6, 6.07) is 4.25. The lowest BCUT2D eigenvalue weighted by atomic mass is 10.1. The largest absolute Gasteiger partial charge is 0.487 e. The van der Waals surface area contributed by atoms with E-state index in [4.69, 9.17) is 10.5 Å².